The van der Waals surface area contributed by atoms with Crippen molar-refractivity contribution in [1.29, 1.82) is 0 Å². The molecule has 152 valence electrons. The smallest absolute Gasteiger partial charge is 0.338 e. The van der Waals surface area contributed by atoms with Gasteiger partial charge in [0.05, 0.1) is 10.6 Å². The van der Waals surface area contributed by atoms with Gasteiger partial charge in [0.25, 0.3) is 5.91 Å². The lowest BCUT2D eigenvalue weighted by Gasteiger charge is -2.24. The van der Waals surface area contributed by atoms with Crippen LogP contribution in [-0.4, -0.2) is 49.8 Å². The molecule has 9 heteroatoms. The molecule has 0 radical (unpaired) electrons. The minimum Gasteiger partial charge on any atom is -0.452 e. The van der Waals surface area contributed by atoms with E-state index in [0.29, 0.717) is 0 Å². The maximum Gasteiger partial charge on any atom is 0.338 e. The molecule has 0 bridgehead atoms. The van der Waals surface area contributed by atoms with E-state index in [9.17, 15) is 18.0 Å². The highest BCUT2D eigenvalue weighted by atomic mass is 35.5. The van der Waals surface area contributed by atoms with Gasteiger partial charge in [0, 0.05) is 18.6 Å². The third kappa shape index (κ3) is 6.19. The van der Waals surface area contributed by atoms with Crippen LogP contribution >= 0.6 is 11.6 Å². The van der Waals surface area contributed by atoms with E-state index in [0.717, 1.165) is 6.42 Å². The lowest BCUT2D eigenvalue weighted by molar-refractivity contribution is -0.125. The molecule has 0 spiro atoms. The largest absolute Gasteiger partial charge is 0.452 e. The van der Waals surface area contributed by atoms with Crippen molar-refractivity contribution in [3.05, 3.63) is 28.8 Å². The van der Waals surface area contributed by atoms with E-state index < -0.39 is 34.0 Å². The number of hydrogen-bond donors (Lipinski definition) is 1. The molecule has 0 saturated heterocycles. The van der Waals surface area contributed by atoms with Crippen molar-refractivity contribution in [2.75, 3.05) is 19.7 Å². The van der Waals surface area contributed by atoms with Crippen molar-refractivity contribution in [1.82, 2.24) is 9.62 Å². The van der Waals surface area contributed by atoms with Crippen molar-refractivity contribution in [2.24, 2.45) is 0 Å². The number of esters is 1. The van der Waals surface area contributed by atoms with Gasteiger partial charge in [-0.25, -0.2) is 13.2 Å². The fourth-order valence-corrected chi connectivity index (χ4v) is 4.21. The number of rotatable bonds is 9. The molecule has 0 atom stereocenters. The summed E-state index contributed by atoms with van der Waals surface area (Å²) in [6.07, 6.45) is 0.719. The first kappa shape index (κ1) is 23.4. The van der Waals surface area contributed by atoms with Gasteiger partial charge < -0.3 is 10.1 Å². The summed E-state index contributed by atoms with van der Waals surface area (Å²) in [4.78, 5) is 24.0. The summed E-state index contributed by atoms with van der Waals surface area (Å²) in [6, 6.07) is 3.86. The Labute approximate surface area is 166 Å². The first-order valence-corrected chi connectivity index (χ1v) is 10.6. The zero-order chi connectivity index (χ0) is 20.8. The van der Waals surface area contributed by atoms with Crippen LogP contribution in [-0.2, 0) is 19.6 Å². The predicted molar refractivity (Wildman–Crippen MR) is 104 cm³/mol. The Kier molecular flexibility index (Phi) is 8.25. The highest BCUT2D eigenvalue weighted by molar-refractivity contribution is 7.89. The Morgan fingerprint density at radius 3 is 2.30 bits per heavy atom. The highest BCUT2D eigenvalue weighted by Crippen LogP contribution is 2.26. The van der Waals surface area contributed by atoms with Crippen LogP contribution in [0.5, 0.6) is 0 Å². The number of amides is 1. The molecular formula is C18H27ClN2O5S. The second-order valence-corrected chi connectivity index (χ2v) is 8.91. The van der Waals surface area contributed by atoms with Crippen LogP contribution in [0.1, 0.15) is 51.4 Å². The van der Waals surface area contributed by atoms with Gasteiger partial charge >= 0.3 is 5.97 Å². The Morgan fingerprint density at radius 2 is 1.78 bits per heavy atom. The average Bonchev–Trinajstić information content (AvgIpc) is 2.60. The van der Waals surface area contributed by atoms with E-state index in [4.69, 9.17) is 16.3 Å². The summed E-state index contributed by atoms with van der Waals surface area (Å²) < 4.78 is 31.6. The molecule has 0 aliphatic rings. The maximum atomic E-state index is 12.7. The lowest BCUT2D eigenvalue weighted by Crippen LogP contribution is -2.44. The summed E-state index contributed by atoms with van der Waals surface area (Å²) in [5.74, 6) is -1.23. The molecule has 27 heavy (non-hydrogen) atoms. The maximum absolute atomic E-state index is 12.7. The number of carbonyl (C=O) groups is 2. The van der Waals surface area contributed by atoms with Crippen molar-refractivity contribution in [3.63, 3.8) is 0 Å². The average molecular weight is 419 g/mol. The first-order chi connectivity index (χ1) is 12.5. The van der Waals surface area contributed by atoms with E-state index in [-0.39, 0.29) is 28.6 Å². The first-order valence-electron chi connectivity index (χ1n) is 8.76. The minimum atomic E-state index is -3.83. The Bertz CT molecular complexity index is 789. The summed E-state index contributed by atoms with van der Waals surface area (Å²) >= 11 is 6.04. The van der Waals surface area contributed by atoms with Crippen LogP contribution in [0.2, 0.25) is 5.02 Å². The second-order valence-electron chi connectivity index (χ2n) is 6.60. The molecular weight excluding hydrogens is 392 g/mol. The standard InChI is InChI=1S/C18H27ClN2O5S/c1-6-18(4,5)20-16(22)12-26-17(23)13-9-10-14(19)15(11-13)27(24,25)21(7-2)8-3/h9-11H,6-8,12H2,1-5H3,(H,20,22). The number of halogens is 1. The monoisotopic (exact) mass is 418 g/mol. The van der Waals surface area contributed by atoms with Gasteiger partial charge in [-0.1, -0.05) is 32.4 Å². The summed E-state index contributed by atoms with van der Waals surface area (Å²) in [5, 5.41) is 2.76. The molecule has 1 aromatic carbocycles. The molecule has 0 aliphatic carbocycles. The van der Waals surface area contributed by atoms with Crippen molar-refractivity contribution in [3.8, 4) is 0 Å². The molecule has 0 saturated carbocycles. The molecule has 0 fully saturated rings. The number of nitrogens with zero attached hydrogens (tertiary/aromatic N) is 1. The van der Waals surface area contributed by atoms with Gasteiger partial charge in [-0.3, -0.25) is 4.79 Å². The van der Waals surface area contributed by atoms with Crippen LogP contribution in [0.3, 0.4) is 0 Å². The fourth-order valence-electron chi connectivity index (χ4n) is 2.25. The molecule has 7 nitrogen and oxygen atoms in total. The van der Waals surface area contributed by atoms with Gasteiger partial charge in [0.1, 0.15) is 4.90 Å². The third-order valence-electron chi connectivity index (χ3n) is 4.19. The quantitative estimate of drug-likeness (QED) is 0.622. The van der Waals surface area contributed by atoms with E-state index >= 15 is 0 Å². The number of benzene rings is 1. The van der Waals surface area contributed by atoms with Crippen LogP contribution in [0.25, 0.3) is 0 Å². The summed E-state index contributed by atoms with van der Waals surface area (Å²) in [6.45, 7) is 9.16. The van der Waals surface area contributed by atoms with E-state index in [1.165, 1.54) is 22.5 Å². The molecule has 1 amide bonds. The van der Waals surface area contributed by atoms with Crippen LogP contribution < -0.4 is 5.32 Å². The fraction of sp³-hybridized carbons (Fsp3) is 0.556. The third-order valence-corrected chi connectivity index (χ3v) is 6.72. The van der Waals surface area contributed by atoms with Crippen molar-refractivity contribution in [2.45, 2.75) is 51.5 Å². The molecule has 1 rings (SSSR count). The zero-order valence-corrected chi connectivity index (χ0v) is 17.9. The molecule has 0 aliphatic heterocycles. The number of hydrogen-bond acceptors (Lipinski definition) is 5. The minimum absolute atomic E-state index is 0.00711. The summed E-state index contributed by atoms with van der Waals surface area (Å²) in [7, 11) is -3.83. The molecule has 0 heterocycles. The Balaban J connectivity index is 2.96. The van der Waals surface area contributed by atoms with E-state index in [1.807, 2.05) is 20.8 Å². The number of nitrogens with one attached hydrogen (secondary N) is 1. The van der Waals surface area contributed by atoms with Gasteiger partial charge in [0.15, 0.2) is 6.61 Å². The van der Waals surface area contributed by atoms with Crippen LogP contribution in [0.15, 0.2) is 23.1 Å². The number of sulfonamides is 1. The summed E-state index contributed by atoms with van der Waals surface area (Å²) in [5.41, 5.74) is -0.401. The van der Waals surface area contributed by atoms with E-state index in [2.05, 4.69) is 5.32 Å². The Morgan fingerprint density at radius 1 is 1.19 bits per heavy atom. The number of carbonyl (C=O) groups excluding carboxylic acids is 2. The van der Waals surface area contributed by atoms with Gasteiger partial charge in [-0.2, -0.15) is 4.31 Å². The zero-order valence-electron chi connectivity index (χ0n) is 16.3. The number of ether oxygens (including phenoxy) is 1. The van der Waals surface area contributed by atoms with Gasteiger partial charge in [0.2, 0.25) is 10.0 Å². The van der Waals surface area contributed by atoms with Crippen LogP contribution in [0.4, 0.5) is 0 Å². The Hall–Kier alpha value is -1.64. The predicted octanol–water partition coefficient (Wildman–Crippen LogP) is 2.83. The normalized spacial score (nSPS) is 12.1. The lowest BCUT2D eigenvalue weighted by atomic mass is 10.0. The molecule has 1 aromatic rings. The van der Waals surface area contributed by atoms with Gasteiger partial charge in [-0.15, -0.1) is 0 Å². The highest BCUT2D eigenvalue weighted by Gasteiger charge is 2.26. The van der Waals surface area contributed by atoms with Crippen LogP contribution in [0, 0.1) is 0 Å². The van der Waals surface area contributed by atoms with Gasteiger partial charge in [-0.05, 0) is 38.5 Å². The SMILES string of the molecule is CCN(CC)S(=O)(=O)c1cc(C(=O)OCC(=O)NC(C)(C)CC)ccc1Cl. The molecule has 1 N–H and O–H groups in total. The topological polar surface area (TPSA) is 92.8 Å². The molecule has 0 unspecified atom stereocenters. The van der Waals surface area contributed by atoms with Crippen molar-refractivity contribution < 1.29 is 22.7 Å². The molecule has 0 aromatic heterocycles. The second kappa shape index (κ2) is 9.52. The van der Waals surface area contributed by atoms with E-state index in [1.54, 1.807) is 13.8 Å². The van der Waals surface area contributed by atoms with Crippen molar-refractivity contribution >= 4 is 33.5 Å².